The average molecular weight is 312 g/mol. The second-order valence-corrected chi connectivity index (χ2v) is 6.98. The molecular formula is C21H28O2. The van der Waals surface area contributed by atoms with E-state index >= 15 is 0 Å². The second kappa shape index (κ2) is 7.54. The largest absolute Gasteiger partial charge is 0.508 e. The molecule has 0 unspecified atom stereocenters. The smallest absolute Gasteiger partial charge is 0.123 e. The number of aromatic hydroxyl groups is 2. The fourth-order valence-electron chi connectivity index (χ4n) is 3.01. The monoisotopic (exact) mass is 312 g/mol. The second-order valence-electron chi connectivity index (χ2n) is 6.98. The highest BCUT2D eigenvalue weighted by molar-refractivity contribution is 5.71. The maximum atomic E-state index is 10.4. The minimum atomic E-state index is 0.0581. The fraction of sp³-hybridized carbons (Fsp3) is 0.429. The van der Waals surface area contributed by atoms with Gasteiger partial charge in [-0.3, -0.25) is 0 Å². The molecule has 0 aliphatic carbocycles. The minimum absolute atomic E-state index is 0.0581. The summed E-state index contributed by atoms with van der Waals surface area (Å²) in [4.78, 5) is 0. The van der Waals surface area contributed by atoms with Gasteiger partial charge in [0.2, 0.25) is 0 Å². The van der Waals surface area contributed by atoms with E-state index in [1.165, 1.54) is 25.7 Å². The van der Waals surface area contributed by atoms with Gasteiger partial charge in [-0.15, -0.1) is 0 Å². The number of phenolic OH excluding ortho intramolecular Hbond substituents is 2. The Bertz CT molecular complexity index is 644. The van der Waals surface area contributed by atoms with E-state index in [0.717, 1.165) is 23.1 Å². The van der Waals surface area contributed by atoms with Crippen LogP contribution in [0.25, 0.3) is 11.1 Å². The molecule has 0 saturated heterocycles. The standard InChI is InChI=1S/C21H28O2/c1-4-5-6-7-13-21(2,3)17-11-12-19(20(23)15-17)16-9-8-10-18(22)14-16/h8-12,14-15,22-23H,4-7,13H2,1-3H3. The molecule has 2 aromatic carbocycles. The molecule has 23 heavy (non-hydrogen) atoms. The first kappa shape index (κ1) is 17.4. The molecule has 0 atom stereocenters. The van der Waals surface area contributed by atoms with Gasteiger partial charge in [-0.05, 0) is 41.2 Å². The van der Waals surface area contributed by atoms with Crippen LogP contribution < -0.4 is 0 Å². The first-order valence-corrected chi connectivity index (χ1v) is 8.57. The summed E-state index contributed by atoms with van der Waals surface area (Å²) in [5.74, 6) is 0.483. The zero-order chi connectivity index (χ0) is 16.9. The van der Waals surface area contributed by atoms with Crippen LogP contribution in [0.5, 0.6) is 11.5 Å². The topological polar surface area (TPSA) is 40.5 Å². The van der Waals surface area contributed by atoms with Gasteiger partial charge in [0.25, 0.3) is 0 Å². The Labute approximate surface area is 139 Å². The van der Waals surface area contributed by atoms with Crippen LogP contribution in [0, 0.1) is 0 Å². The summed E-state index contributed by atoms with van der Waals surface area (Å²) in [5.41, 5.74) is 2.80. The Morgan fingerprint density at radius 1 is 0.913 bits per heavy atom. The number of unbranched alkanes of at least 4 members (excludes halogenated alkanes) is 3. The van der Waals surface area contributed by atoms with E-state index in [-0.39, 0.29) is 16.9 Å². The number of hydrogen-bond acceptors (Lipinski definition) is 2. The molecule has 2 rings (SSSR count). The Hall–Kier alpha value is -1.96. The summed E-state index contributed by atoms with van der Waals surface area (Å²) in [6.07, 6.45) is 6.15. The van der Waals surface area contributed by atoms with E-state index in [1.54, 1.807) is 18.2 Å². The normalized spacial score (nSPS) is 11.6. The first-order valence-electron chi connectivity index (χ1n) is 8.57. The van der Waals surface area contributed by atoms with E-state index in [9.17, 15) is 10.2 Å². The lowest BCUT2D eigenvalue weighted by Crippen LogP contribution is -2.16. The molecular weight excluding hydrogens is 284 g/mol. The molecule has 0 bridgehead atoms. The lowest BCUT2D eigenvalue weighted by Gasteiger charge is -2.26. The van der Waals surface area contributed by atoms with Gasteiger partial charge < -0.3 is 10.2 Å². The lowest BCUT2D eigenvalue weighted by molar-refractivity contribution is 0.438. The van der Waals surface area contributed by atoms with Crippen molar-refractivity contribution in [2.45, 2.75) is 58.3 Å². The van der Waals surface area contributed by atoms with Gasteiger partial charge in [0.1, 0.15) is 11.5 Å². The van der Waals surface area contributed by atoms with Crippen molar-refractivity contribution in [3.63, 3.8) is 0 Å². The van der Waals surface area contributed by atoms with Crippen LogP contribution in [-0.2, 0) is 5.41 Å². The fourth-order valence-corrected chi connectivity index (χ4v) is 3.01. The summed E-state index contributed by atoms with van der Waals surface area (Å²) in [6.45, 7) is 6.70. The zero-order valence-electron chi connectivity index (χ0n) is 14.5. The van der Waals surface area contributed by atoms with Crippen LogP contribution in [-0.4, -0.2) is 10.2 Å². The Morgan fingerprint density at radius 3 is 2.35 bits per heavy atom. The molecule has 2 nitrogen and oxygen atoms in total. The van der Waals surface area contributed by atoms with E-state index < -0.39 is 0 Å². The number of phenols is 2. The van der Waals surface area contributed by atoms with Crippen molar-refractivity contribution in [3.8, 4) is 22.6 Å². The molecule has 0 radical (unpaired) electrons. The van der Waals surface area contributed by atoms with E-state index in [4.69, 9.17) is 0 Å². The highest BCUT2D eigenvalue weighted by Crippen LogP contribution is 2.37. The zero-order valence-corrected chi connectivity index (χ0v) is 14.5. The van der Waals surface area contributed by atoms with Gasteiger partial charge >= 0.3 is 0 Å². The van der Waals surface area contributed by atoms with Crippen LogP contribution in [0.15, 0.2) is 42.5 Å². The molecule has 0 amide bonds. The van der Waals surface area contributed by atoms with Gasteiger partial charge in [-0.2, -0.15) is 0 Å². The molecule has 0 saturated carbocycles. The van der Waals surface area contributed by atoms with E-state index in [1.807, 2.05) is 18.2 Å². The minimum Gasteiger partial charge on any atom is -0.508 e. The molecule has 2 N–H and O–H groups in total. The van der Waals surface area contributed by atoms with Crippen molar-refractivity contribution in [2.24, 2.45) is 0 Å². The van der Waals surface area contributed by atoms with Gasteiger partial charge in [0.05, 0.1) is 0 Å². The van der Waals surface area contributed by atoms with Crippen LogP contribution >= 0.6 is 0 Å². The quantitative estimate of drug-likeness (QED) is 0.614. The summed E-state index contributed by atoms with van der Waals surface area (Å²) in [7, 11) is 0. The first-order chi connectivity index (χ1) is 10.9. The van der Waals surface area contributed by atoms with E-state index in [2.05, 4.69) is 26.8 Å². The van der Waals surface area contributed by atoms with Crippen LogP contribution in [0.1, 0.15) is 58.4 Å². The summed E-state index contributed by atoms with van der Waals surface area (Å²) in [5, 5.41) is 20.0. The van der Waals surface area contributed by atoms with Gasteiger partial charge in [0.15, 0.2) is 0 Å². The van der Waals surface area contributed by atoms with Gasteiger partial charge in [-0.1, -0.05) is 70.7 Å². The maximum Gasteiger partial charge on any atom is 0.123 e. The molecule has 0 aliphatic rings. The van der Waals surface area contributed by atoms with Gasteiger partial charge in [-0.25, -0.2) is 0 Å². The van der Waals surface area contributed by atoms with Crippen molar-refractivity contribution < 1.29 is 10.2 Å². The van der Waals surface area contributed by atoms with Crippen LogP contribution in [0.3, 0.4) is 0 Å². The predicted octanol–water partition coefficient (Wildman–Crippen LogP) is 6.01. The molecule has 2 aromatic rings. The summed E-state index contributed by atoms with van der Waals surface area (Å²) >= 11 is 0. The molecule has 0 spiro atoms. The van der Waals surface area contributed by atoms with Crippen molar-refractivity contribution in [3.05, 3.63) is 48.0 Å². The average Bonchev–Trinajstić information content (AvgIpc) is 2.51. The van der Waals surface area contributed by atoms with Crippen LogP contribution in [0.4, 0.5) is 0 Å². The molecule has 2 heteroatoms. The Kier molecular flexibility index (Phi) is 5.70. The Balaban J connectivity index is 2.18. The lowest BCUT2D eigenvalue weighted by atomic mass is 9.79. The molecule has 0 fully saturated rings. The molecule has 0 aliphatic heterocycles. The maximum absolute atomic E-state index is 10.4. The molecule has 0 heterocycles. The third-order valence-corrected chi connectivity index (χ3v) is 4.59. The van der Waals surface area contributed by atoms with Crippen molar-refractivity contribution in [2.75, 3.05) is 0 Å². The molecule has 0 aromatic heterocycles. The van der Waals surface area contributed by atoms with Crippen molar-refractivity contribution in [1.82, 2.24) is 0 Å². The third kappa shape index (κ3) is 4.51. The van der Waals surface area contributed by atoms with E-state index in [0.29, 0.717) is 0 Å². The Morgan fingerprint density at radius 2 is 1.70 bits per heavy atom. The highest BCUT2D eigenvalue weighted by atomic mass is 16.3. The van der Waals surface area contributed by atoms with Crippen molar-refractivity contribution in [1.29, 1.82) is 0 Å². The number of benzene rings is 2. The molecule has 124 valence electrons. The van der Waals surface area contributed by atoms with Crippen LogP contribution in [0.2, 0.25) is 0 Å². The summed E-state index contributed by atoms with van der Waals surface area (Å²) in [6, 6.07) is 12.9. The number of rotatable bonds is 7. The van der Waals surface area contributed by atoms with Gasteiger partial charge in [0, 0.05) is 5.56 Å². The summed E-state index contributed by atoms with van der Waals surface area (Å²) < 4.78 is 0. The number of hydrogen-bond donors (Lipinski definition) is 2. The van der Waals surface area contributed by atoms with Crippen molar-refractivity contribution >= 4 is 0 Å². The predicted molar refractivity (Wildman–Crippen MR) is 97.0 cm³/mol. The third-order valence-electron chi connectivity index (χ3n) is 4.59. The SMILES string of the molecule is CCCCCCC(C)(C)c1ccc(-c2cccc(O)c2)c(O)c1. The highest BCUT2D eigenvalue weighted by Gasteiger charge is 2.21.